The fraction of sp³-hybridized carbons (Fsp3) is 0.720. The highest BCUT2D eigenvalue weighted by Gasteiger charge is 2.47. The molecule has 160 valence electrons. The lowest BCUT2D eigenvalue weighted by Crippen LogP contribution is -2.27. The van der Waals surface area contributed by atoms with Gasteiger partial charge in [0.1, 0.15) is 18.9 Å². The van der Waals surface area contributed by atoms with Gasteiger partial charge in [0.05, 0.1) is 0 Å². The first kappa shape index (κ1) is 26.5. The van der Waals surface area contributed by atoms with Gasteiger partial charge in [0.2, 0.25) is 0 Å². The lowest BCUT2D eigenvalue weighted by Gasteiger charge is -2.29. The van der Waals surface area contributed by atoms with Gasteiger partial charge in [-0.2, -0.15) is 0 Å². The Hall–Kier alpha value is -1.51. The molecule has 0 aromatic heterocycles. The standard InChI is InChI=1S/C12H18O.C7H12O.C6H12O/c1-2-3-6-12(9-13)8-10-4-5-11(12)7-10;1-3-4-5-7(2)6-8;1-2-3-4-5-6-7/h4-5,9-11H,2-3,6-8H2,1H3;6H,2-5H2,1H3;6H,2-5H2,1H3. The normalized spacial score (nSPS) is 23.8. The molecule has 0 N–H and O–H groups in total. The minimum absolute atomic E-state index is 0.0371. The van der Waals surface area contributed by atoms with Crippen molar-refractivity contribution in [3.8, 4) is 0 Å². The van der Waals surface area contributed by atoms with E-state index in [2.05, 4.69) is 39.5 Å². The van der Waals surface area contributed by atoms with Crippen LogP contribution >= 0.6 is 0 Å². The Labute approximate surface area is 173 Å². The van der Waals surface area contributed by atoms with Crippen LogP contribution in [0.1, 0.15) is 97.8 Å². The number of rotatable bonds is 12. The zero-order valence-corrected chi connectivity index (χ0v) is 18.5. The highest BCUT2D eigenvalue weighted by atomic mass is 16.1. The first-order chi connectivity index (χ1) is 13.5. The van der Waals surface area contributed by atoms with Gasteiger partial charge in [-0.1, -0.05) is 71.6 Å². The van der Waals surface area contributed by atoms with E-state index in [1.807, 2.05) is 0 Å². The minimum atomic E-state index is 0.0371. The third kappa shape index (κ3) is 10.1. The number of hydrogen-bond donors (Lipinski definition) is 0. The van der Waals surface area contributed by atoms with Gasteiger partial charge >= 0.3 is 0 Å². The summed E-state index contributed by atoms with van der Waals surface area (Å²) in [6.07, 6.45) is 20.8. The smallest absolute Gasteiger partial charge is 0.145 e. The molecule has 2 bridgehead atoms. The van der Waals surface area contributed by atoms with E-state index in [1.165, 1.54) is 38.4 Å². The molecule has 0 heterocycles. The van der Waals surface area contributed by atoms with Gasteiger partial charge in [-0.3, -0.25) is 4.79 Å². The Morgan fingerprint density at radius 3 is 2.11 bits per heavy atom. The first-order valence-corrected chi connectivity index (χ1v) is 11.2. The van der Waals surface area contributed by atoms with Crippen molar-refractivity contribution in [2.75, 3.05) is 0 Å². The average Bonchev–Trinajstić information content (AvgIpc) is 3.33. The van der Waals surface area contributed by atoms with Crippen molar-refractivity contribution in [2.45, 2.75) is 97.8 Å². The zero-order valence-electron chi connectivity index (χ0n) is 18.5. The lowest BCUT2D eigenvalue weighted by molar-refractivity contribution is -0.118. The predicted octanol–water partition coefficient (Wildman–Crippen LogP) is 6.66. The molecule has 0 radical (unpaired) electrons. The molecule has 2 aliphatic rings. The van der Waals surface area contributed by atoms with Gasteiger partial charge in [-0.25, -0.2) is 0 Å². The molecule has 0 amide bonds. The second-order valence-corrected chi connectivity index (χ2v) is 8.19. The van der Waals surface area contributed by atoms with Gasteiger partial charge in [-0.05, 0) is 55.9 Å². The van der Waals surface area contributed by atoms with Gasteiger partial charge < -0.3 is 9.59 Å². The number of fused-ring (bicyclic) bond motifs is 2. The second kappa shape index (κ2) is 16.4. The van der Waals surface area contributed by atoms with Crippen LogP contribution in [0, 0.1) is 17.3 Å². The molecule has 0 aliphatic heterocycles. The quantitative estimate of drug-likeness (QED) is 0.162. The maximum atomic E-state index is 11.2. The van der Waals surface area contributed by atoms with Crippen LogP contribution in [0.25, 0.3) is 0 Å². The predicted molar refractivity (Wildman–Crippen MR) is 118 cm³/mol. The van der Waals surface area contributed by atoms with E-state index < -0.39 is 0 Å². The van der Waals surface area contributed by atoms with E-state index >= 15 is 0 Å². The number of carbonyl (C=O) groups excluding carboxylic acids is 3. The molecular weight excluding hydrogens is 348 g/mol. The van der Waals surface area contributed by atoms with Crippen molar-refractivity contribution < 1.29 is 14.4 Å². The molecule has 2 rings (SSSR count). The van der Waals surface area contributed by atoms with Crippen LogP contribution in [-0.4, -0.2) is 18.9 Å². The first-order valence-electron chi connectivity index (χ1n) is 11.2. The van der Waals surface area contributed by atoms with E-state index in [-0.39, 0.29) is 5.41 Å². The van der Waals surface area contributed by atoms with E-state index in [9.17, 15) is 14.4 Å². The summed E-state index contributed by atoms with van der Waals surface area (Å²) >= 11 is 0. The third-order valence-electron chi connectivity index (χ3n) is 5.73. The fourth-order valence-corrected chi connectivity index (χ4v) is 3.92. The Balaban J connectivity index is 0.000000424. The molecular formula is C25H42O3. The van der Waals surface area contributed by atoms with Crippen LogP contribution in [0.4, 0.5) is 0 Å². The van der Waals surface area contributed by atoms with Crippen LogP contribution in [0.2, 0.25) is 0 Å². The van der Waals surface area contributed by atoms with E-state index in [0.29, 0.717) is 17.4 Å². The molecule has 1 saturated carbocycles. The van der Waals surface area contributed by atoms with Crippen LogP contribution in [0.15, 0.2) is 24.3 Å². The molecule has 0 spiro atoms. The molecule has 28 heavy (non-hydrogen) atoms. The van der Waals surface area contributed by atoms with Gasteiger partial charge in [0.25, 0.3) is 0 Å². The molecule has 1 fully saturated rings. The molecule has 0 saturated heterocycles. The maximum absolute atomic E-state index is 11.2. The molecule has 3 atom stereocenters. The second-order valence-electron chi connectivity index (χ2n) is 8.19. The van der Waals surface area contributed by atoms with Gasteiger partial charge in [0.15, 0.2) is 0 Å². The maximum Gasteiger partial charge on any atom is 0.145 e. The number of carbonyl (C=O) groups is 3. The minimum Gasteiger partial charge on any atom is -0.303 e. The van der Waals surface area contributed by atoms with Gasteiger partial charge in [0, 0.05) is 11.8 Å². The fourth-order valence-electron chi connectivity index (χ4n) is 3.92. The average molecular weight is 391 g/mol. The van der Waals surface area contributed by atoms with Crippen molar-refractivity contribution in [1.82, 2.24) is 0 Å². The van der Waals surface area contributed by atoms with Crippen molar-refractivity contribution in [2.24, 2.45) is 17.3 Å². The van der Waals surface area contributed by atoms with E-state index in [1.54, 1.807) is 0 Å². The summed E-state index contributed by atoms with van der Waals surface area (Å²) in [4.78, 5) is 30.8. The van der Waals surface area contributed by atoms with Crippen molar-refractivity contribution in [3.63, 3.8) is 0 Å². The molecule has 2 aliphatic carbocycles. The summed E-state index contributed by atoms with van der Waals surface area (Å²) in [5, 5.41) is 0. The largest absolute Gasteiger partial charge is 0.303 e. The Bertz CT molecular complexity index is 480. The topological polar surface area (TPSA) is 51.2 Å². The number of unbranched alkanes of at least 4 members (excludes halogenated alkanes) is 5. The Morgan fingerprint density at radius 2 is 1.68 bits per heavy atom. The number of hydrogen-bond acceptors (Lipinski definition) is 3. The summed E-state index contributed by atoms with van der Waals surface area (Å²) in [6, 6.07) is 0. The van der Waals surface area contributed by atoms with Crippen LogP contribution in [-0.2, 0) is 14.4 Å². The molecule has 0 aromatic carbocycles. The Morgan fingerprint density at radius 1 is 1.00 bits per heavy atom. The third-order valence-corrected chi connectivity index (χ3v) is 5.73. The number of aldehydes is 3. The summed E-state index contributed by atoms with van der Waals surface area (Å²) in [7, 11) is 0. The molecule has 3 nitrogen and oxygen atoms in total. The van der Waals surface area contributed by atoms with Crippen molar-refractivity contribution in [1.29, 1.82) is 0 Å². The van der Waals surface area contributed by atoms with Crippen molar-refractivity contribution >= 4 is 18.9 Å². The molecule has 3 unspecified atom stereocenters. The summed E-state index contributed by atoms with van der Waals surface area (Å²) < 4.78 is 0. The highest BCUT2D eigenvalue weighted by Crippen LogP contribution is 2.53. The zero-order chi connectivity index (χ0) is 21.3. The summed E-state index contributed by atoms with van der Waals surface area (Å²) in [6.45, 7) is 9.96. The monoisotopic (exact) mass is 390 g/mol. The van der Waals surface area contributed by atoms with Gasteiger partial charge in [-0.15, -0.1) is 0 Å². The van der Waals surface area contributed by atoms with Crippen LogP contribution < -0.4 is 0 Å². The highest BCUT2D eigenvalue weighted by molar-refractivity contribution is 5.71. The molecule has 0 aromatic rings. The summed E-state index contributed by atoms with van der Waals surface area (Å²) in [5.74, 6) is 1.29. The lowest BCUT2D eigenvalue weighted by atomic mass is 9.73. The summed E-state index contributed by atoms with van der Waals surface area (Å²) in [5.41, 5.74) is 0.752. The van der Waals surface area contributed by atoms with Crippen LogP contribution in [0.3, 0.4) is 0 Å². The van der Waals surface area contributed by atoms with Crippen LogP contribution in [0.5, 0.6) is 0 Å². The Kier molecular flexibility index (Phi) is 15.6. The molecule has 3 heteroatoms. The van der Waals surface area contributed by atoms with E-state index in [4.69, 9.17) is 0 Å². The number of allylic oxidation sites excluding steroid dienone is 3. The van der Waals surface area contributed by atoms with Crippen molar-refractivity contribution in [3.05, 3.63) is 24.3 Å². The van der Waals surface area contributed by atoms with E-state index in [0.717, 1.165) is 57.5 Å². The SMILES string of the molecule is C=C(C=O)CCCC.CCCCC1(C=O)CC2C=CC1C2.CCCCCC=O.